The van der Waals surface area contributed by atoms with E-state index in [1.165, 1.54) is 5.56 Å². The highest BCUT2D eigenvalue weighted by atomic mass is 32.2. The van der Waals surface area contributed by atoms with Crippen molar-refractivity contribution in [3.8, 4) is 0 Å². The Balaban J connectivity index is 2.47. The molecule has 0 fully saturated rings. The molecule has 0 saturated carbocycles. The Labute approximate surface area is 100 Å². The van der Waals surface area contributed by atoms with Crippen molar-refractivity contribution >= 4 is 23.1 Å². The molecular weight excluding hydrogens is 226 g/mol. The normalized spacial score (nSPS) is 17.3. The maximum Gasteiger partial charge on any atom is 0.0564 e. The van der Waals surface area contributed by atoms with Gasteiger partial charge in [-0.05, 0) is 42.5 Å². The van der Waals surface area contributed by atoms with E-state index in [1.54, 1.807) is 23.1 Å². The van der Waals surface area contributed by atoms with Gasteiger partial charge in [-0.3, -0.25) is 0 Å². The Bertz CT molecular complexity index is 260. The lowest BCUT2D eigenvalue weighted by atomic mass is 10.1. The third-order valence-electron chi connectivity index (χ3n) is 2.60. The van der Waals surface area contributed by atoms with Crippen LogP contribution in [0.1, 0.15) is 25.5 Å². The summed E-state index contributed by atoms with van der Waals surface area (Å²) in [5, 5.41) is 17.2. The molecule has 0 aromatic carbocycles. The Kier molecular flexibility index (Phi) is 5.68. The number of thiophene rings is 1. The van der Waals surface area contributed by atoms with Crippen LogP contribution in [0.15, 0.2) is 16.8 Å². The van der Waals surface area contributed by atoms with Crippen LogP contribution in [0.2, 0.25) is 0 Å². The van der Waals surface area contributed by atoms with Crippen LogP contribution >= 0.6 is 23.1 Å². The van der Waals surface area contributed by atoms with Crippen LogP contribution in [0, 0.1) is 0 Å². The summed E-state index contributed by atoms with van der Waals surface area (Å²) < 4.78 is 0. The summed E-state index contributed by atoms with van der Waals surface area (Å²) in [5.41, 5.74) is 1.32. The zero-order valence-corrected chi connectivity index (χ0v) is 11.1. The quantitative estimate of drug-likeness (QED) is 0.808. The van der Waals surface area contributed by atoms with E-state index in [4.69, 9.17) is 0 Å². The van der Waals surface area contributed by atoms with Gasteiger partial charge in [-0.15, -0.1) is 0 Å². The molecule has 0 amide bonds. The summed E-state index contributed by atoms with van der Waals surface area (Å²) in [6.45, 7) is 4.51. The van der Waals surface area contributed by atoms with Crippen molar-refractivity contribution in [1.82, 2.24) is 5.32 Å². The predicted octanol–water partition coefficient (Wildman–Crippen LogP) is 2.51. The molecule has 3 unspecified atom stereocenters. The zero-order chi connectivity index (χ0) is 11.3. The molecule has 0 bridgehead atoms. The van der Waals surface area contributed by atoms with Crippen molar-refractivity contribution < 1.29 is 5.11 Å². The van der Waals surface area contributed by atoms with Gasteiger partial charge in [-0.2, -0.15) is 23.1 Å². The van der Waals surface area contributed by atoms with E-state index in [2.05, 4.69) is 36.0 Å². The molecule has 3 atom stereocenters. The third kappa shape index (κ3) is 3.79. The van der Waals surface area contributed by atoms with E-state index in [1.807, 2.05) is 6.26 Å². The summed E-state index contributed by atoms with van der Waals surface area (Å²) in [5.74, 6) is 0. The second-order valence-electron chi connectivity index (χ2n) is 3.69. The largest absolute Gasteiger partial charge is 0.395 e. The van der Waals surface area contributed by atoms with E-state index in [-0.39, 0.29) is 11.9 Å². The average molecular weight is 245 g/mol. The van der Waals surface area contributed by atoms with Crippen molar-refractivity contribution in [2.45, 2.75) is 31.2 Å². The lowest BCUT2D eigenvalue weighted by Gasteiger charge is -2.25. The van der Waals surface area contributed by atoms with Gasteiger partial charge in [0.2, 0.25) is 0 Å². The van der Waals surface area contributed by atoms with Crippen molar-refractivity contribution in [1.29, 1.82) is 0 Å². The summed E-state index contributed by atoms with van der Waals surface area (Å²) in [4.78, 5) is 0. The van der Waals surface area contributed by atoms with E-state index in [0.29, 0.717) is 12.1 Å². The highest BCUT2D eigenvalue weighted by molar-refractivity contribution is 7.99. The van der Waals surface area contributed by atoms with Gasteiger partial charge in [0.05, 0.1) is 6.61 Å². The summed E-state index contributed by atoms with van der Waals surface area (Å²) in [6, 6.07) is 2.81. The van der Waals surface area contributed by atoms with Gasteiger partial charge in [0.1, 0.15) is 0 Å². The fourth-order valence-electron chi connectivity index (χ4n) is 1.56. The van der Waals surface area contributed by atoms with Crippen LogP contribution in [0.25, 0.3) is 0 Å². The van der Waals surface area contributed by atoms with Crippen LogP contribution in [0.5, 0.6) is 0 Å². The second kappa shape index (κ2) is 6.53. The fraction of sp³-hybridized carbons (Fsp3) is 0.636. The molecule has 1 aromatic rings. The molecule has 2 nitrogen and oxygen atoms in total. The van der Waals surface area contributed by atoms with Gasteiger partial charge >= 0.3 is 0 Å². The third-order valence-corrected chi connectivity index (χ3v) is 4.46. The lowest BCUT2D eigenvalue weighted by Crippen LogP contribution is -2.38. The Hall–Kier alpha value is -0.0300. The molecular formula is C11H19NOS2. The molecule has 2 N–H and O–H groups in total. The molecule has 86 valence electrons. The van der Waals surface area contributed by atoms with E-state index < -0.39 is 0 Å². The smallest absolute Gasteiger partial charge is 0.0564 e. The average Bonchev–Trinajstić information content (AvgIpc) is 2.72. The minimum Gasteiger partial charge on any atom is -0.395 e. The maximum absolute atomic E-state index is 9.18. The minimum atomic E-state index is 0.228. The van der Waals surface area contributed by atoms with Crippen molar-refractivity contribution in [2.24, 2.45) is 0 Å². The van der Waals surface area contributed by atoms with Gasteiger partial charge in [0, 0.05) is 17.3 Å². The van der Waals surface area contributed by atoms with E-state index >= 15 is 0 Å². The summed E-state index contributed by atoms with van der Waals surface area (Å²) >= 11 is 3.43. The Morgan fingerprint density at radius 1 is 1.53 bits per heavy atom. The van der Waals surface area contributed by atoms with Gasteiger partial charge < -0.3 is 10.4 Å². The number of aliphatic hydroxyl groups is 1. The molecule has 0 aliphatic rings. The van der Waals surface area contributed by atoms with Crippen LogP contribution in [0.3, 0.4) is 0 Å². The molecule has 1 heterocycles. The molecule has 1 rings (SSSR count). The Morgan fingerprint density at radius 3 is 2.73 bits per heavy atom. The molecule has 0 spiro atoms. The molecule has 1 aromatic heterocycles. The number of hydrogen-bond donors (Lipinski definition) is 2. The van der Waals surface area contributed by atoms with E-state index in [9.17, 15) is 5.11 Å². The molecule has 0 radical (unpaired) electrons. The van der Waals surface area contributed by atoms with Gasteiger partial charge in [-0.25, -0.2) is 0 Å². The van der Waals surface area contributed by atoms with Gasteiger partial charge in [-0.1, -0.05) is 0 Å². The fourth-order valence-corrected chi connectivity index (χ4v) is 2.95. The van der Waals surface area contributed by atoms with Crippen molar-refractivity contribution in [3.05, 3.63) is 22.4 Å². The maximum atomic E-state index is 9.18. The van der Waals surface area contributed by atoms with Crippen LogP contribution in [-0.2, 0) is 0 Å². The number of nitrogens with one attached hydrogen (secondary N) is 1. The van der Waals surface area contributed by atoms with Crippen molar-refractivity contribution in [3.63, 3.8) is 0 Å². The van der Waals surface area contributed by atoms with Gasteiger partial charge in [0.15, 0.2) is 0 Å². The topological polar surface area (TPSA) is 32.3 Å². The van der Waals surface area contributed by atoms with E-state index in [0.717, 1.165) is 0 Å². The zero-order valence-electron chi connectivity index (χ0n) is 9.43. The first-order valence-electron chi connectivity index (χ1n) is 5.10. The monoisotopic (exact) mass is 245 g/mol. The number of hydrogen-bond acceptors (Lipinski definition) is 4. The standard InChI is InChI=1S/C11H19NOS2/c1-8(10-4-5-15-7-10)12-9(2)11(6-13)14-3/h4-5,7-9,11-13H,6H2,1-3H3. The number of aliphatic hydroxyl groups excluding tert-OH is 1. The molecule has 0 aliphatic carbocycles. The van der Waals surface area contributed by atoms with Crippen molar-refractivity contribution in [2.75, 3.05) is 12.9 Å². The predicted molar refractivity (Wildman–Crippen MR) is 69.7 cm³/mol. The number of rotatable bonds is 6. The summed E-state index contributed by atoms with van der Waals surface area (Å²) in [7, 11) is 0. The molecule has 15 heavy (non-hydrogen) atoms. The lowest BCUT2D eigenvalue weighted by molar-refractivity contribution is 0.272. The van der Waals surface area contributed by atoms with Crippen LogP contribution in [-0.4, -0.2) is 29.3 Å². The minimum absolute atomic E-state index is 0.228. The van der Waals surface area contributed by atoms with Crippen LogP contribution < -0.4 is 5.32 Å². The molecule has 0 aliphatic heterocycles. The van der Waals surface area contributed by atoms with Crippen LogP contribution in [0.4, 0.5) is 0 Å². The Morgan fingerprint density at radius 2 is 2.27 bits per heavy atom. The first-order chi connectivity index (χ1) is 7.19. The second-order valence-corrected chi connectivity index (χ2v) is 5.55. The SMILES string of the molecule is CSC(CO)C(C)NC(C)c1ccsc1. The summed E-state index contributed by atoms with van der Waals surface area (Å²) in [6.07, 6.45) is 2.04. The highest BCUT2D eigenvalue weighted by Gasteiger charge is 2.17. The molecule has 4 heteroatoms. The number of thioether (sulfide) groups is 1. The molecule has 0 saturated heterocycles. The first kappa shape index (κ1) is 13.0. The highest BCUT2D eigenvalue weighted by Crippen LogP contribution is 2.18. The first-order valence-corrected chi connectivity index (χ1v) is 7.34. The van der Waals surface area contributed by atoms with Gasteiger partial charge in [0.25, 0.3) is 0 Å².